The van der Waals surface area contributed by atoms with E-state index in [4.69, 9.17) is 5.73 Å². The molecule has 1 aromatic rings. The number of amides is 1. The number of aromatic nitrogens is 2. The third-order valence-electron chi connectivity index (χ3n) is 1.43. The van der Waals surface area contributed by atoms with Crippen LogP contribution >= 0.6 is 11.3 Å². The Labute approximate surface area is 98.0 Å². The molecule has 0 fully saturated rings. The Balaban J connectivity index is 2.18. The van der Waals surface area contributed by atoms with Gasteiger partial charge in [-0.25, -0.2) is 0 Å². The zero-order valence-electron chi connectivity index (χ0n) is 8.45. The third-order valence-corrected chi connectivity index (χ3v) is 2.09. The van der Waals surface area contributed by atoms with Gasteiger partial charge in [0.2, 0.25) is 16.2 Å². The Bertz CT molecular complexity index is 381. The second-order valence-electron chi connectivity index (χ2n) is 2.91. The molecule has 1 aromatic heterocycles. The Morgan fingerprint density at radius 3 is 2.71 bits per heavy atom. The lowest BCUT2D eigenvalue weighted by atomic mass is 10.4. The number of nitrogens with two attached hydrogens (primary N) is 1. The zero-order chi connectivity index (χ0) is 12.9. The summed E-state index contributed by atoms with van der Waals surface area (Å²) >= 11 is 0.962. The number of carbonyl (C=O) groups excluding carboxylic acids is 1. The van der Waals surface area contributed by atoms with Crippen LogP contribution in [0.2, 0.25) is 0 Å². The fourth-order valence-electron chi connectivity index (χ4n) is 0.820. The topological polar surface area (TPSA) is 90.1 Å². The Morgan fingerprint density at radius 2 is 2.18 bits per heavy atom. The minimum absolute atomic E-state index is 0.189. The van der Waals surface area contributed by atoms with E-state index in [0.29, 0.717) is 0 Å². The molecule has 0 aliphatic carbocycles. The monoisotopic (exact) mass is 270 g/mol. The van der Waals surface area contributed by atoms with Gasteiger partial charge in [-0.05, 0) is 0 Å². The summed E-state index contributed by atoms with van der Waals surface area (Å²) in [5.41, 5.74) is 5.27. The number of alkyl halides is 3. The maximum Gasteiger partial charge on any atom is 0.411 e. The molecule has 0 atom stereocenters. The number of halogens is 3. The van der Waals surface area contributed by atoms with Crippen molar-refractivity contribution < 1.29 is 22.7 Å². The summed E-state index contributed by atoms with van der Waals surface area (Å²) in [7, 11) is 0. The second kappa shape index (κ2) is 5.77. The molecule has 17 heavy (non-hydrogen) atoms. The Hall–Kier alpha value is -1.42. The molecular weight excluding hydrogens is 261 g/mol. The van der Waals surface area contributed by atoms with Crippen molar-refractivity contribution in [3.8, 4) is 0 Å². The summed E-state index contributed by atoms with van der Waals surface area (Å²) in [6, 6.07) is 0. The summed E-state index contributed by atoms with van der Waals surface area (Å²) in [5.74, 6) is -0.511. The van der Waals surface area contributed by atoms with Crippen LogP contribution in [0, 0.1) is 0 Å². The van der Waals surface area contributed by atoms with Crippen LogP contribution in [0.25, 0.3) is 0 Å². The van der Waals surface area contributed by atoms with Gasteiger partial charge < -0.3 is 15.8 Å². The number of nitrogen functional groups attached to an aromatic ring is 1. The van der Waals surface area contributed by atoms with Crippen molar-refractivity contribution in [3.05, 3.63) is 0 Å². The van der Waals surface area contributed by atoms with Crippen LogP contribution in [0.3, 0.4) is 0 Å². The van der Waals surface area contributed by atoms with Crippen molar-refractivity contribution in [1.29, 1.82) is 0 Å². The van der Waals surface area contributed by atoms with Gasteiger partial charge in [0.1, 0.15) is 6.61 Å². The number of hydrogen-bond donors (Lipinski definition) is 2. The summed E-state index contributed by atoms with van der Waals surface area (Å²) in [4.78, 5) is 11.2. The zero-order valence-corrected chi connectivity index (χ0v) is 9.27. The van der Waals surface area contributed by atoms with Crippen LogP contribution in [0.1, 0.15) is 6.42 Å². The summed E-state index contributed by atoms with van der Waals surface area (Å²) < 4.78 is 39.3. The van der Waals surface area contributed by atoms with Gasteiger partial charge in [0.25, 0.3) is 0 Å². The molecule has 0 aliphatic heterocycles. The maximum absolute atomic E-state index is 11.7. The molecule has 3 N–H and O–H groups in total. The van der Waals surface area contributed by atoms with Gasteiger partial charge >= 0.3 is 6.18 Å². The number of anilines is 2. The predicted octanol–water partition coefficient (Wildman–Crippen LogP) is 1.03. The molecule has 0 aliphatic rings. The van der Waals surface area contributed by atoms with Crippen LogP contribution in [-0.2, 0) is 9.53 Å². The van der Waals surface area contributed by atoms with E-state index in [1.807, 2.05) is 0 Å². The van der Waals surface area contributed by atoms with Crippen molar-refractivity contribution in [3.63, 3.8) is 0 Å². The average molecular weight is 270 g/mol. The largest absolute Gasteiger partial charge is 0.411 e. The summed E-state index contributed by atoms with van der Waals surface area (Å²) in [5, 5.41) is 9.68. The third kappa shape index (κ3) is 6.02. The van der Waals surface area contributed by atoms with Crippen LogP contribution in [-0.4, -0.2) is 35.5 Å². The van der Waals surface area contributed by atoms with Gasteiger partial charge in [-0.2, -0.15) is 13.2 Å². The molecule has 1 heterocycles. The molecule has 0 spiro atoms. The second-order valence-corrected chi connectivity index (χ2v) is 3.92. The Morgan fingerprint density at radius 1 is 1.47 bits per heavy atom. The van der Waals surface area contributed by atoms with E-state index in [2.05, 4.69) is 20.3 Å². The van der Waals surface area contributed by atoms with Gasteiger partial charge in [-0.3, -0.25) is 4.79 Å². The normalized spacial score (nSPS) is 11.5. The van der Waals surface area contributed by atoms with Crippen LogP contribution in [0.4, 0.5) is 23.4 Å². The lowest BCUT2D eigenvalue weighted by Gasteiger charge is -2.06. The fourth-order valence-corrected chi connectivity index (χ4v) is 1.35. The van der Waals surface area contributed by atoms with Crippen molar-refractivity contribution in [2.24, 2.45) is 0 Å². The number of ether oxygens (including phenoxy) is 1. The van der Waals surface area contributed by atoms with E-state index in [9.17, 15) is 18.0 Å². The molecule has 0 aromatic carbocycles. The standard InChI is InChI=1S/C7H9F3N4O2S/c8-7(9,10)3-16-2-1-4(15)12-6-14-13-5(11)17-6/h1-3H2,(H2,11,13)(H,12,14,15). The minimum atomic E-state index is -4.38. The molecule has 1 amide bonds. The number of nitrogens with zero attached hydrogens (tertiary/aromatic N) is 2. The molecule has 0 unspecified atom stereocenters. The average Bonchev–Trinajstić information content (AvgIpc) is 2.57. The van der Waals surface area contributed by atoms with E-state index in [1.54, 1.807) is 0 Å². The first-order chi connectivity index (χ1) is 7.87. The van der Waals surface area contributed by atoms with Gasteiger partial charge in [-0.1, -0.05) is 11.3 Å². The van der Waals surface area contributed by atoms with E-state index in [0.717, 1.165) is 11.3 Å². The minimum Gasteiger partial charge on any atom is -0.374 e. The summed E-state index contributed by atoms with van der Waals surface area (Å²) in [6.07, 6.45) is -4.58. The van der Waals surface area contributed by atoms with E-state index in [-0.39, 0.29) is 23.3 Å². The molecular formula is C7H9F3N4O2S. The highest BCUT2D eigenvalue weighted by atomic mass is 32.1. The van der Waals surface area contributed by atoms with Gasteiger partial charge in [-0.15, -0.1) is 10.2 Å². The van der Waals surface area contributed by atoms with Crippen molar-refractivity contribution in [1.82, 2.24) is 10.2 Å². The lowest BCUT2D eigenvalue weighted by molar-refractivity contribution is -0.174. The first-order valence-corrected chi connectivity index (χ1v) is 5.22. The number of rotatable bonds is 5. The van der Waals surface area contributed by atoms with Crippen LogP contribution in [0.5, 0.6) is 0 Å². The van der Waals surface area contributed by atoms with E-state index < -0.39 is 18.7 Å². The molecule has 1 rings (SSSR count). The summed E-state index contributed by atoms with van der Waals surface area (Å²) in [6.45, 7) is -1.69. The van der Waals surface area contributed by atoms with E-state index in [1.165, 1.54) is 0 Å². The molecule has 0 saturated carbocycles. The van der Waals surface area contributed by atoms with Crippen molar-refractivity contribution in [2.75, 3.05) is 24.3 Å². The first-order valence-electron chi connectivity index (χ1n) is 4.40. The SMILES string of the molecule is Nc1nnc(NC(=O)CCOCC(F)(F)F)s1. The maximum atomic E-state index is 11.7. The molecule has 0 radical (unpaired) electrons. The van der Waals surface area contributed by atoms with Crippen molar-refractivity contribution in [2.45, 2.75) is 12.6 Å². The molecule has 6 nitrogen and oxygen atoms in total. The molecule has 10 heteroatoms. The highest BCUT2D eigenvalue weighted by molar-refractivity contribution is 7.18. The molecule has 0 saturated heterocycles. The van der Waals surface area contributed by atoms with Gasteiger partial charge in [0.05, 0.1) is 13.0 Å². The highest BCUT2D eigenvalue weighted by Crippen LogP contribution is 2.16. The quantitative estimate of drug-likeness (QED) is 0.780. The van der Waals surface area contributed by atoms with E-state index >= 15 is 0 Å². The van der Waals surface area contributed by atoms with Crippen LogP contribution < -0.4 is 11.1 Å². The molecule has 96 valence electrons. The number of hydrogen-bond acceptors (Lipinski definition) is 6. The van der Waals surface area contributed by atoms with Crippen LogP contribution in [0.15, 0.2) is 0 Å². The number of carbonyl (C=O) groups is 1. The lowest BCUT2D eigenvalue weighted by Crippen LogP contribution is -2.20. The smallest absolute Gasteiger partial charge is 0.374 e. The highest BCUT2D eigenvalue weighted by Gasteiger charge is 2.27. The predicted molar refractivity (Wildman–Crippen MR) is 54.4 cm³/mol. The van der Waals surface area contributed by atoms with Gasteiger partial charge in [0, 0.05) is 0 Å². The fraction of sp³-hybridized carbons (Fsp3) is 0.571. The van der Waals surface area contributed by atoms with Gasteiger partial charge in [0.15, 0.2) is 0 Å². The molecule has 0 bridgehead atoms. The Kier molecular flexibility index (Phi) is 4.63. The van der Waals surface area contributed by atoms with Crippen molar-refractivity contribution >= 4 is 27.5 Å². The first kappa shape index (κ1) is 13.6. The number of nitrogens with one attached hydrogen (secondary N) is 1.